The number of nitrogens with zero attached hydrogens (tertiary/aromatic N) is 4. The highest BCUT2D eigenvalue weighted by Gasteiger charge is 2.40. The average molecular weight is 357 g/mol. The molecular weight excluding hydrogens is 335 g/mol. The molecule has 0 radical (unpaired) electrons. The minimum Gasteiger partial charge on any atom is -0.340 e. The van der Waals surface area contributed by atoms with Gasteiger partial charge in [-0.25, -0.2) is 9.97 Å². The SMILES string of the molecule is CNCCN1C(=O)CC[C@H]2CN(c3nccc(C(F)(F)F)n3)CC[C@H]21. The lowest BCUT2D eigenvalue weighted by Crippen LogP contribution is -2.57. The van der Waals surface area contributed by atoms with Crippen LogP contribution in [0, 0.1) is 5.92 Å². The van der Waals surface area contributed by atoms with Gasteiger partial charge in [-0.2, -0.15) is 13.2 Å². The van der Waals surface area contributed by atoms with Crippen molar-refractivity contribution < 1.29 is 18.0 Å². The van der Waals surface area contributed by atoms with E-state index in [1.165, 1.54) is 0 Å². The number of nitrogens with one attached hydrogen (secondary N) is 1. The van der Waals surface area contributed by atoms with Gasteiger partial charge in [0.05, 0.1) is 0 Å². The van der Waals surface area contributed by atoms with Crippen LogP contribution in [-0.4, -0.2) is 60.0 Å². The summed E-state index contributed by atoms with van der Waals surface area (Å²) < 4.78 is 38.6. The molecule has 2 atom stereocenters. The molecule has 0 bridgehead atoms. The van der Waals surface area contributed by atoms with Crippen LogP contribution in [0.3, 0.4) is 0 Å². The maximum absolute atomic E-state index is 12.9. The maximum Gasteiger partial charge on any atom is 0.433 e. The van der Waals surface area contributed by atoms with Crippen LogP contribution in [-0.2, 0) is 11.0 Å². The molecule has 6 nitrogen and oxygen atoms in total. The summed E-state index contributed by atoms with van der Waals surface area (Å²) in [6.07, 6.45) is -1.35. The Morgan fingerprint density at radius 2 is 2.16 bits per heavy atom. The summed E-state index contributed by atoms with van der Waals surface area (Å²) in [6, 6.07) is 1.03. The predicted molar refractivity (Wildman–Crippen MR) is 86.0 cm³/mol. The van der Waals surface area contributed by atoms with Crippen LogP contribution < -0.4 is 10.2 Å². The third-order valence-electron chi connectivity index (χ3n) is 4.96. The summed E-state index contributed by atoms with van der Waals surface area (Å²) in [7, 11) is 1.85. The van der Waals surface area contributed by atoms with Gasteiger partial charge in [-0.05, 0) is 31.9 Å². The van der Waals surface area contributed by atoms with E-state index in [4.69, 9.17) is 0 Å². The molecule has 0 aliphatic carbocycles. The Hall–Kier alpha value is -1.90. The Bertz CT molecular complexity index is 624. The molecule has 9 heteroatoms. The maximum atomic E-state index is 12.9. The Kier molecular flexibility index (Phi) is 5.12. The van der Waals surface area contributed by atoms with Gasteiger partial charge in [-0.3, -0.25) is 4.79 Å². The second-order valence-electron chi connectivity index (χ2n) is 6.53. The Morgan fingerprint density at radius 1 is 1.36 bits per heavy atom. The highest BCUT2D eigenvalue weighted by Crippen LogP contribution is 2.33. The van der Waals surface area contributed by atoms with Crippen LogP contribution in [0.2, 0.25) is 0 Å². The molecule has 1 aromatic rings. The van der Waals surface area contributed by atoms with Crippen LogP contribution in [0.4, 0.5) is 19.1 Å². The molecule has 25 heavy (non-hydrogen) atoms. The summed E-state index contributed by atoms with van der Waals surface area (Å²) in [6.45, 7) is 2.52. The lowest BCUT2D eigenvalue weighted by molar-refractivity contribution is -0.141. The largest absolute Gasteiger partial charge is 0.433 e. The molecule has 3 heterocycles. The van der Waals surface area contributed by atoms with Crippen molar-refractivity contribution >= 4 is 11.9 Å². The van der Waals surface area contributed by atoms with Crippen molar-refractivity contribution in [3.63, 3.8) is 0 Å². The number of likely N-dealkylation sites (N-methyl/N-ethyl adjacent to an activating group) is 1. The Labute approximate surface area is 144 Å². The lowest BCUT2D eigenvalue weighted by Gasteiger charge is -2.47. The highest BCUT2D eigenvalue weighted by molar-refractivity contribution is 5.77. The van der Waals surface area contributed by atoms with E-state index in [-0.39, 0.29) is 23.8 Å². The van der Waals surface area contributed by atoms with Gasteiger partial charge in [-0.15, -0.1) is 0 Å². The summed E-state index contributed by atoms with van der Waals surface area (Å²) in [5.41, 5.74) is -0.922. The van der Waals surface area contributed by atoms with Crippen molar-refractivity contribution in [3.8, 4) is 0 Å². The molecule has 1 N–H and O–H groups in total. The van der Waals surface area contributed by atoms with Gasteiger partial charge in [0.2, 0.25) is 11.9 Å². The third kappa shape index (κ3) is 3.86. The van der Waals surface area contributed by atoms with Gasteiger partial charge in [-0.1, -0.05) is 0 Å². The van der Waals surface area contributed by atoms with E-state index in [9.17, 15) is 18.0 Å². The smallest absolute Gasteiger partial charge is 0.340 e. The average Bonchev–Trinajstić information content (AvgIpc) is 2.60. The molecule has 0 unspecified atom stereocenters. The van der Waals surface area contributed by atoms with Crippen LogP contribution >= 0.6 is 0 Å². The number of carbonyl (C=O) groups is 1. The number of carbonyl (C=O) groups excluding carboxylic acids is 1. The van der Waals surface area contributed by atoms with E-state index >= 15 is 0 Å². The van der Waals surface area contributed by atoms with Crippen LogP contribution in [0.5, 0.6) is 0 Å². The topological polar surface area (TPSA) is 61.4 Å². The first kappa shape index (κ1) is 17.9. The fraction of sp³-hybridized carbons (Fsp3) is 0.688. The van der Waals surface area contributed by atoms with Gasteiger partial charge in [0.1, 0.15) is 5.69 Å². The van der Waals surface area contributed by atoms with Gasteiger partial charge in [0.15, 0.2) is 0 Å². The third-order valence-corrected chi connectivity index (χ3v) is 4.96. The zero-order valence-electron chi connectivity index (χ0n) is 14.1. The van der Waals surface area contributed by atoms with Gasteiger partial charge in [0, 0.05) is 44.8 Å². The van der Waals surface area contributed by atoms with Crippen molar-refractivity contribution in [2.45, 2.75) is 31.5 Å². The second-order valence-corrected chi connectivity index (χ2v) is 6.53. The summed E-state index contributed by atoms with van der Waals surface area (Å²) >= 11 is 0. The molecule has 0 saturated carbocycles. The van der Waals surface area contributed by atoms with E-state index in [0.717, 1.165) is 31.6 Å². The fourth-order valence-electron chi connectivity index (χ4n) is 3.71. The number of alkyl halides is 3. The number of halogens is 3. The number of rotatable bonds is 4. The van der Waals surface area contributed by atoms with E-state index < -0.39 is 11.9 Å². The zero-order chi connectivity index (χ0) is 18.0. The van der Waals surface area contributed by atoms with Crippen molar-refractivity contribution in [2.75, 3.05) is 38.1 Å². The number of amides is 1. The second kappa shape index (κ2) is 7.15. The van der Waals surface area contributed by atoms with Crippen LogP contribution in [0.1, 0.15) is 25.0 Å². The van der Waals surface area contributed by atoms with Crippen molar-refractivity contribution in [1.29, 1.82) is 0 Å². The number of fused-ring (bicyclic) bond motifs is 1. The molecule has 0 spiro atoms. The first-order valence-corrected chi connectivity index (χ1v) is 8.49. The monoisotopic (exact) mass is 357 g/mol. The number of piperidine rings is 2. The quantitative estimate of drug-likeness (QED) is 0.886. The molecule has 2 fully saturated rings. The molecule has 2 aliphatic heterocycles. The number of anilines is 1. The van der Waals surface area contributed by atoms with E-state index in [1.807, 2.05) is 16.8 Å². The van der Waals surface area contributed by atoms with E-state index in [1.54, 1.807) is 0 Å². The summed E-state index contributed by atoms with van der Waals surface area (Å²) in [4.78, 5) is 23.6. The summed E-state index contributed by atoms with van der Waals surface area (Å²) in [5.74, 6) is 0.522. The van der Waals surface area contributed by atoms with Crippen molar-refractivity contribution in [2.24, 2.45) is 5.92 Å². The minimum atomic E-state index is -4.47. The normalized spacial score (nSPS) is 24.4. The molecule has 3 rings (SSSR count). The molecule has 1 aromatic heterocycles. The number of aromatic nitrogens is 2. The van der Waals surface area contributed by atoms with Crippen LogP contribution in [0.25, 0.3) is 0 Å². The zero-order valence-corrected chi connectivity index (χ0v) is 14.1. The first-order chi connectivity index (χ1) is 11.9. The molecule has 1 amide bonds. The number of hydrogen-bond donors (Lipinski definition) is 1. The van der Waals surface area contributed by atoms with E-state index in [2.05, 4.69) is 15.3 Å². The molecule has 2 aliphatic rings. The predicted octanol–water partition coefficient (Wildman–Crippen LogP) is 1.53. The Balaban J connectivity index is 1.72. The Morgan fingerprint density at radius 3 is 2.88 bits per heavy atom. The van der Waals surface area contributed by atoms with Gasteiger partial charge in [0.25, 0.3) is 0 Å². The van der Waals surface area contributed by atoms with Gasteiger partial charge < -0.3 is 15.1 Å². The number of hydrogen-bond acceptors (Lipinski definition) is 5. The van der Waals surface area contributed by atoms with Gasteiger partial charge >= 0.3 is 6.18 Å². The highest BCUT2D eigenvalue weighted by atomic mass is 19.4. The minimum absolute atomic E-state index is 0.118. The molecule has 0 aromatic carbocycles. The summed E-state index contributed by atoms with van der Waals surface area (Å²) in [5, 5.41) is 3.06. The van der Waals surface area contributed by atoms with Crippen molar-refractivity contribution in [1.82, 2.24) is 20.2 Å². The van der Waals surface area contributed by atoms with Crippen LogP contribution in [0.15, 0.2) is 12.3 Å². The fourth-order valence-corrected chi connectivity index (χ4v) is 3.71. The molecule has 2 saturated heterocycles. The number of likely N-dealkylation sites (tertiary alicyclic amines) is 1. The molecule has 138 valence electrons. The lowest BCUT2D eigenvalue weighted by atomic mass is 9.83. The molecular formula is C16H22F3N5O. The van der Waals surface area contributed by atoms with Crippen molar-refractivity contribution in [3.05, 3.63) is 18.0 Å². The van der Waals surface area contributed by atoms with E-state index in [0.29, 0.717) is 26.1 Å². The first-order valence-electron chi connectivity index (χ1n) is 8.49. The standard InChI is InChI=1S/C16H22F3N5O/c1-20-7-9-24-12-5-8-23(10-11(12)2-3-14(24)25)15-21-6-4-13(22-15)16(17,18)19/h4,6,11-12,20H,2-3,5,7-10H2,1H3/t11-,12+/m0/s1.